The first kappa shape index (κ1) is 12.6. The Balaban J connectivity index is 2.99. The first-order valence-electron chi connectivity index (χ1n) is 5.05. The minimum atomic E-state index is -2.84. The average Bonchev–Trinajstić information content (AvgIpc) is 2.63. The van der Waals surface area contributed by atoms with Gasteiger partial charge in [-0.05, 0) is 13.3 Å². The van der Waals surface area contributed by atoms with Crippen LogP contribution in [0, 0.1) is 0 Å². The normalized spacial score (nSPS) is 10.8. The van der Waals surface area contributed by atoms with Gasteiger partial charge in [0.15, 0.2) is 11.6 Å². The first-order valence-corrected chi connectivity index (χ1v) is 5.05. The van der Waals surface area contributed by atoms with Crippen LogP contribution in [0.15, 0.2) is 4.42 Å². The molecule has 0 fully saturated rings. The van der Waals surface area contributed by atoms with E-state index in [1.54, 1.807) is 6.92 Å². The van der Waals surface area contributed by atoms with Crippen molar-refractivity contribution in [1.29, 1.82) is 0 Å². The molecule has 0 unspecified atom stereocenters. The van der Waals surface area contributed by atoms with Gasteiger partial charge in [0, 0.05) is 6.42 Å². The Morgan fingerprint density at radius 2 is 2.19 bits per heavy atom. The summed E-state index contributed by atoms with van der Waals surface area (Å²) in [6, 6.07) is 0. The molecule has 0 saturated heterocycles. The number of nitrogens with zero attached hydrogens (tertiary/aromatic N) is 1. The smallest absolute Gasteiger partial charge is 0.376 e. The van der Waals surface area contributed by atoms with Gasteiger partial charge in [-0.3, -0.25) is 0 Å². The third-order valence-electron chi connectivity index (χ3n) is 1.83. The molecule has 1 heterocycles. The third kappa shape index (κ3) is 2.77. The number of aromatic nitrogens is 1. The van der Waals surface area contributed by atoms with Crippen LogP contribution < -0.4 is 0 Å². The molecule has 0 saturated carbocycles. The van der Waals surface area contributed by atoms with Crippen molar-refractivity contribution in [3.05, 3.63) is 17.3 Å². The molecule has 16 heavy (non-hydrogen) atoms. The number of esters is 1. The third-order valence-corrected chi connectivity index (χ3v) is 1.83. The summed E-state index contributed by atoms with van der Waals surface area (Å²) in [4.78, 5) is 14.9. The second-order valence-corrected chi connectivity index (χ2v) is 3.09. The van der Waals surface area contributed by atoms with Crippen molar-refractivity contribution in [2.24, 2.45) is 0 Å². The SMILES string of the molecule is CCCc1nc(C(F)F)c(C(=O)OCC)o1. The molecular formula is C10H13F2NO3. The van der Waals surface area contributed by atoms with Crippen molar-refractivity contribution >= 4 is 5.97 Å². The summed E-state index contributed by atoms with van der Waals surface area (Å²) in [5.74, 6) is -1.24. The van der Waals surface area contributed by atoms with Gasteiger partial charge >= 0.3 is 5.97 Å². The number of aryl methyl sites for hydroxylation is 1. The van der Waals surface area contributed by atoms with E-state index in [0.29, 0.717) is 12.8 Å². The summed E-state index contributed by atoms with van der Waals surface area (Å²) in [6.07, 6.45) is -1.72. The molecule has 90 valence electrons. The van der Waals surface area contributed by atoms with Crippen LogP contribution in [0.2, 0.25) is 0 Å². The minimum absolute atomic E-state index is 0.103. The quantitative estimate of drug-likeness (QED) is 0.734. The highest BCUT2D eigenvalue weighted by molar-refractivity contribution is 5.87. The van der Waals surface area contributed by atoms with Crippen molar-refractivity contribution < 1.29 is 22.7 Å². The summed E-state index contributed by atoms with van der Waals surface area (Å²) in [5, 5.41) is 0. The monoisotopic (exact) mass is 233 g/mol. The molecular weight excluding hydrogens is 220 g/mol. The van der Waals surface area contributed by atoms with Gasteiger partial charge in [-0.1, -0.05) is 6.92 Å². The molecule has 0 radical (unpaired) electrons. The van der Waals surface area contributed by atoms with Crippen LogP contribution >= 0.6 is 0 Å². The van der Waals surface area contributed by atoms with Gasteiger partial charge in [-0.2, -0.15) is 0 Å². The standard InChI is InChI=1S/C10H13F2NO3/c1-3-5-6-13-7(9(11)12)8(16-6)10(14)15-4-2/h9H,3-5H2,1-2H3. The van der Waals surface area contributed by atoms with Gasteiger partial charge < -0.3 is 9.15 Å². The number of carbonyl (C=O) groups excluding carboxylic acids is 1. The Kier molecular flexibility index (Phi) is 4.39. The Bertz CT molecular complexity index is 363. The van der Waals surface area contributed by atoms with Crippen molar-refractivity contribution in [3.8, 4) is 0 Å². The largest absolute Gasteiger partial charge is 0.460 e. The van der Waals surface area contributed by atoms with E-state index in [1.807, 2.05) is 6.92 Å². The number of ether oxygens (including phenoxy) is 1. The molecule has 0 amide bonds. The van der Waals surface area contributed by atoms with Gasteiger partial charge in [0.1, 0.15) is 0 Å². The van der Waals surface area contributed by atoms with E-state index in [4.69, 9.17) is 4.42 Å². The van der Waals surface area contributed by atoms with Crippen molar-refractivity contribution in [2.75, 3.05) is 6.61 Å². The molecule has 0 aliphatic heterocycles. The van der Waals surface area contributed by atoms with Crippen LogP contribution in [-0.4, -0.2) is 17.6 Å². The first-order chi connectivity index (χ1) is 7.60. The summed E-state index contributed by atoms with van der Waals surface area (Å²) >= 11 is 0. The molecule has 1 aromatic rings. The average molecular weight is 233 g/mol. The Hall–Kier alpha value is -1.46. The van der Waals surface area contributed by atoms with Crippen LogP contribution in [0.1, 0.15) is 48.8 Å². The Morgan fingerprint density at radius 1 is 1.50 bits per heavy atom. The molecule has 4 nitrogen and oxygen atoms in total. The van der Waals surface area contributed by atoms with E-state index >= 15 is 0 Å². The molecule has 0 N–H and O–H groups in total. The maximum atomic E-state index is 12.6. The zero-order chi connectivity index (χ0) is 12.1. The lowest BCUT2D eigenvalue weighted by molar-refractivity contribution is 0.0474. The zero-order valence-corrected chi connectivity index (χ0v) is 9.13. The van der Waals surface area contributed by atoms with Crippen molar-refractivity contribution in [2.45, 2.75) is 33.1 Å². The van der Waals surface area contributed by atoms with Crippen molar-refractivity contribution in [3.63, 3.8) is 0 Å². The number of alkyl halides is 2. The highest BCUT2D eigenvalue weighted by atomic mass is 19.3. The number of hydrogen-bond donors (Lipinski definition) is 0. The van der Waals surface area contributed by atoms with Crippen LogP contribution in [-0.2, 0) is 11.2 Å². The maximum Gasteiger partial charge on any atom is 0.376 e. The van der Waals surface area contributed by atoms with E-state index < -0.39 is 23.8 Å². The Labute approximate surface area is 91.6 Å². The lowest BCUT2D eigenvalue weighted by Crippen LogP contribution is -2.06. The molecule has 1 rings (SSSR count). The molecule has 1 aromatic heterocycles. The molecule has 0 spiro atoms. The number of halogens is 2. The summed E-state index contributed by atoms with van der Waals surface area (Å²) in [6.45, 7) is 3.55. The van der Waals surface area contributed by atoms with E-state index in [0.717, 1.165) is 0 Å². The second kappa shape index (κ2) is 5.58. The van der Waals surface area contributed by atoms with Gasteiger partial charge in [-0.25, -0.2) is 18.6 Å². The molecule has 0 aromatic carbocycles. The maximum absolute atomic E-state index is 12.6. The van der Waals surface area contributed by atoms with E-state index in [2.05, 4.69) is 9.72 Å². The fraction of sp³-hybridized carbons (Fsp3) is 0.600. The van der Waals surface area contributed by atoms with Crippen molar-refractivity contribution in [1.82, 2.24) is 4.98 Å². The number of rotatable bonds is 5. The molecule has 0 bridgehead atoms. The van der Waals surface area contributed by atoms with Crippen LogP contribution in [0.5, 0.6) is 0 Å². The van der Waals surface area contributed by atoms with Crippen LogP contribution in [0.4, 0.5) is 8.78 Å². The number of hydrogen-bond acceptors (Lipinski definition) is 4. The number of carbonyl (C=O) groups is 1. The Morgan fingerprint density at radius 3 is 2.69 bits per heavy atom. The summed E-state index contributed by atoms with van der Waals surface area (Å²) < 4.78 is 34.7. The van der Waals surface area contributed by atoms with E-state index in [9.17, 15) is 13.6 Å². The second-order valence-electron chi connectivity index (χ2n) is 3.09. The lowest BCUT2D eigenvalue weighted by atomic mass is 10.3. The minimum Gasteiger partial charge on any atom is -0.460 e. The van der Waals surface area contributed by atoms with Gasteiger partial charge in [-0.15, -0.1) is 0 Å². The molecule has 0 atom stereocenters. The predicted octanol–water partition coefficient (Wildman–Crippen LogP) is 2.74. The van der Waals surface area contributed by atoms with E-state index in [1.165, 1.54) is 0 Å². The van der Waals surface area contributed by atoms with E-state index in [-0.39, 0.29) is 12.5 Å². The van der Waals surface area contributed by atoms with Gasteiger partial charge in [0.2, 0.25) is 5.76 Å². The fourth-order valence-corrected chi connectivity index (χ4v) is 1.19. The summed E-state index contributed by atoms with van der Waals surface area (Å²) in [5.41, 5.74) is -0.637. The lowest BCUT2D eigenvalue weighted by Gasteiger charge is -1.99. The number of oxazole rings is 1. The van der Waals surface area contributed by atoms with Gasteiger partial charge in [0.25, 0.3) is 6.43 Å². The van der Waals surface area contributed by atoms with Crippen LogP contribution in [0.25, 0.3) is 0 Å². The summed E-state index contributed by atoms with van der Waals surface area (Å²) in [7, 11) is 0. The van der Waals surface area contributed by atoms with Crippen LogP contribution in [0.3, 0.4) is 0 Å². The fourth-order valence-electron chi connectivity index (χ4n) is 1.19. The molecule has 0 aliphatic rings. The van der Waals surface area contributed by atoms with Gasteiger partial charge in [0.05, 0.1) is 6.61 Å². The molecule has 6 heteroatoms. The predicted molar refractivity (Wildman–Crippen MR) is 51.4 cm³/mol. The topological polar surface area (TPSA) is 52.3 Å². The highest BCUT2D eigenvalue weighted by Crippen LogP contribution is 2.24. The highest BCUT2D eigenvalue weighted by Gasteiger charge is 2.27. The zero-order valence-electron chi connectivity index (χ0n) is 9.13. The molecule has 0 aliphatic carbocycles.